The van der Waals surface area contributed by atoms with Gasteiger partial charge in [-0.25, -0.2) is 0 Å². The van der Waals surface area contributed by atoms with Crippen LogP contribution in [-0.4, -0.2) is 31.0 Å². The molecular formula is C16H21N3O3. The molecule has 6 heteroatoms. The van der Waals surface area contributed by atoms with Crippen molar-refractivity contribution in [2.75, 3.05) is 23.7 Å². The van der Waals surface area contributed by atoms with Crippen LogP contribution in [0.1, 0.15) is 26.2 Å². The van der Waals surface area contributed by atoms with Crippen molar-refractivity contribution in [1.29, 1.82) is 0 Å². The summed E-state index contributed by atoms with van der Waals surface area (Å²) in [6, 6.07) is 5.30. The van der Waals surface area contributed by atoms with Gasteiger partial charge < -0.3 is 20.7 Å². The number of hydrogen-bond acceptors (Lipinski definition) is 4. The minimum atomic E-state index is -0.493. The van der Waals surface area contributed by atoms with Crippen LogP contribution in [0.4, 0.5) is 11.4 Å². The number of piperidine rings is 1. The number of fused-ring (bicyclic) bond motifs is 1. The fourth-order valence-corrected chi connectivity index (χ4v) is 2.85. The lowest BCUT2D eigenvalue weighted by molar-refractivity contribution is -0.122. The highest BCUT2D eigenvalue weighted by molar-refractivity contribution is 5.99. The van der Waals surface area contributed by atoms with Crippen LogP contribution in [0, 0.1) is 5.92 Å². The summed E-state index contributed by atoms with van der Waals surface area (Å²) in [6.45, 7) is 3.67. The normalized spacial score (nSPS) is 21.5. The Morgan fingerprint density at radius 2 is 2.14 bits per heavy atom. The zero-order valence-corrected chi connectivity index (χ0v) is 12.6. The first-order valence-corrected chi connectivity index (χ1v) is 7.74. The molecule has 0 aliphatic carbocycles. The monoisotopic (exact) mass is 303 g/mol. The number of rotatable bonds is 3. The molecule has 1 fully saturated rings. The highest BCUT2D eigenvalue weighted by Crippen LogP contribution is 2.32. The summed E-state index contributed by atoms with van der Waals surface area (Å²) in [5.41, 5.74) is 1.28. The minimum Gasteiger partial charge on any atom is -0.479 e. The summed E-state index contributed by atoms with van der Waals surface area (Å²) in [7, 11) is 0. The lowest BCUT2D eigenvalue weighted by Crippen LogP contribution is -2.34. The van der Waals surface area contributed by atoms with Crippen molar-refractivity contribution in [2.45, 2.75) is 32.3 Å². The van der Waals surface area contributed by atoms with Crippen molar-refractivity contribution in [3.63, 3.8) is 0 Å². The zero-order chi connectivity index (χ0) is 15.5. The van der Waals surface area contributed by atoms with Crippen LogP contribution in [0.3, 0.4) is 0 Å². The largest absolute Gasteiger partial charge is 0.479 e. The summed E-state index contributed by atoms with van der Waals surface area (Å²) in [4.78, 5) is 23.7. The molecule has 0 spiro atoms. The fourth-order valence-electron chi connectivity index (χ4n) is 2.85. The van der Waals surface area contributed by atoms with Gasteiger partial charge in [-0.3, -0.25) is 9.59 Å². The highest BCUT2D eigenvalue weighted by atomic mass is 16.5. The summed E-state index contributed by atoms with van der Waals surface area (Å²) in [6.07, 6.45) is 2.13. The molecule has 1 saturated heterocycles. The van der Waals surface area contributed by atoms with E-state index in [4.69, 9.17) is 4.74 Å². The first kappa shape index (κ1) is 14.8. The van der Waals surface area contributed by atoms with E-state index in [2.05, 4.69) is 16.0 Å². The molecule has 3 N–H and O–H groups in total. The highest BCUT2D eigenvalue weighted by Gasteiger charge is 2.24. The van der Waals surface area contributed by atoms with Crippen molar-refractivity contribution in [3.05, 3.63) is 18.2 Å². The molecule has 1 unspecified atom stereocenters. The number of nitrogens with one attached hydrogen (secondary N) is 3. The maximum atomic E-state index is 12.1. The van der Waals surface area contributed by atoms with Crippen LogP contribution < -0.4 is 20.7 Å². The van der Waals surface area contributed by atoms with Crippen LogP contribution in [-0.2, 0) is 9.59 Å². The lowest BCUT2D eigenvalue weighted by atomic mass is 9.94. The van der Waals surface area contributed by atoms with Crippen molar-refractivity contribution >= 4 is 23.2 Å². The third-order valence-corrected chi connectivity index (χ3v) is 4.13. The summed E-state index contributed by atoms with van der Waals surface area (Å²) < 4.78 is 5.49. The van der Waals surface area contributed by atoms with E-state index in [1.54, 1.807) is 25.1 Å². The molecule has 0 saturated carbocycles. The predicted molar refractivity (Wildman–Crippen MR) is 84.0 cm³/mol. The third-order valence-electron chi connectivity index (χ3n) is 4.13. The maximum absolute atomic E-state index is 12.1. The van der Waals surface area contributed by atoms with Gasteiger partial charge in [0.2, 0.25) is 5.91 Å². The quantitative estimate of drug-likeness (QED) is 0.794. The van der Waals surface area contributed by atoms with E-state index in [1.165, 1.54) is 0 Å². The second-order valence-electron chi connectivity index (χ2n) is 5.91. The van der Waals surface area contributed by atoms with Crippen LogP contribution in [0.25, 0.3) is 0 Å². The van der Waals surface area contributed by atoms with E-state index in [0.29, 0.717) is 29.5 Å². The Balaban J connectivity index is 1.62. The smallest absolute Gasteiger partial charge is 0.265 e. The van der Waals surface area contributed by atoms with Gasteiger partial charge in [-0.15, -0.1) is 0 Å². The Bertz CT molecular complexity index is 582. The van der Waals surface area contributed by atoms with Gasteiger partial charge >= 0.3 is 0 Å². The van der Waals surface area contributed by atoms with Gasteiger partial charge in [0.05, 0.1) is 5.69 Å². The molecule has 1 atom stereocenters. The van der Waals surface area contributed by atoms with Crippen LogP contribution >= 0.6 is 0 Å². The number of carbonyl (C=O) groups is 2. The molecule has 2 aliphatic rings. The topological polar surface area (TPSA) is 79.5 Å². The van der Waals surface area contributed by atoms with E-state index in [0.717, 1.165) is 25.9 Å². The summed E-state index contributed by atoms with van der Waals surface area (Å²) >= 11 is 0. The predicted octanol–water partition coefficient (Wildman–Crippen LogP) is 1.73. The number of ether oxygens (including phenoxy) is 1. The average molecular weight is 303 g/mol. The van der Waals surface area contributed by atoms with E-state index in [-0.39, 0.29) is 11.8 Å². The van der Waals surface area contributed by atoms with Gasteiger partial charge in [0.15, 0.2) is 6.10 Å². The first-order valence-electron chi connectivity index (χ1n) is 7.74. The number of anilines is 2. The third kappa shape index (κ3) is 3.39. The van der Waals surface area contributed by atoms with Crippen molar-refractivity contribution in [1.82, 2.24) is 5.32 Å². The van der Waals surface area contributed by atoms with E-state index >= 15 is 0 Å². The van der Waals surface area contributed by atoms with Gasteiger partial charge in [0.1, 0.15) is 5.75 Å². The molecule has 1 aromatic carbocycles. The van der Waals surface area contributed by atoms with Gasteiger partial charge in [-0.2, -0.15) is 0 Å². The number of benzene rings is 1. The van der Waals surface area contributed by atoms with Crippen molar-refractivity contribution < 1.29 is 14.3 Å². The van der Waals surface area contributed by atoms with Crippen LogP contribution in [0.2, 0.25) is 0 Å². The summed E-state index contributed by atoms with van der Waals surface area (Å²) in [5.74, 6) is 0.917. The van der Waals surface area contributed by atoms with Gasteiger partial charge in [0.25, 0.3) is 5.91 Å². The molecule has 3 rings (SSSR count). The maximum Gasteiger partial charge on any atom is 0.265 e. The minimum absolute atomic E-state index is 0.0169. The van der Waals surface area contributed by atoms with Crippen LogP contribution in [0.5, 0.6) is 5.75 Å². The molecule has 0 aromatic heterocycles. The molecule has 2 amide bonds. The zero-order valence-electron chi connectivity index (χ0n) is 12.6. The average Bonchev–Trinajstić information content (AvgIpc) is 2.49. The second kappa shape index (κ2) is 6.36. The van der Waals surface area contributed by atoms with Crippen molar-refractivity contribution in [2.24, 2.45) is 5.92 Å². The SMILES string of the molecule is CC1Oc2ccc(NC(=O)CC3CCNCC3)cc2NC1=O. The van der Waals surface area contributed by atoms with Crippen LogP contribution in [0.15, 0.2) is 18.2 Å². The van der Waals surface area contributed by atoms with Gasteiger partial charge in [0, 0.05) is 12.1 Å². The molecular weight excluding hydrogens is 282 g/mol. The van der Waals surface area contributed by atoms with E-state index in [9.17, 15) is 9.59 Å². The lowest BCUT2D eigenvalue weighted by Gasteiger charge is -2.24. The molecule has 118 valence electrons. The Morgan fingerprint density at radius 1 is 1.36 bits per heavy atom. The second-order valence-corrected chi connectivity index (χ2v) is 5.91. The Morgan fingerprint density at radius 3 is 2.91 bits per heavy atom. The molecule has 0 bridgehead atoms. The molecule has 2 aliphatic heterocycles. The molecule has 6 nitrogen and oxygen atoms in total. The standard InChI is InChI=1S/C16H21N3O3/c1-10-16(21)19-13-9-12(2-3-14(13)22-10)18-15(20)8-11-4-6-17-7-5-11/h2-3,9-11,17H,4-8H2,1H3,(H,18,20)(H,19,21). The Kier molecular flexibility index (Phi) is 4.29. The van der Waals surface area contributed by atoms with E-state index in [1.807, 2.05) is 0 Å². The number of amides is 2. The molecule has 1 aromatic rings. The summed E-state index contributed by atoms with van der Waals surface area (Å²) in [5, 5.41) is 8.97. The Hall–Kier alpha value is -2.08. The van der Waals surface area contributed by atoms with E-state index < -0.39 is 6.10 Å². The molecule has 22 heavy (non-hydrogen) atoms. The van der Waals surface area contributed by atoms with Gasteiger partial charge in [-0.1, -0.05) is 0 Å². The fraction of sp³-hybridized carbons (Fsp3) is 0.500. The molecule has 2 heterocycles. The van der Waals surface area contributed by atoms with Crippen molar-refractivity contribution in [3.8, 4) is 5.75 Å². The number of carbonyl (C=O) groups excluding carboxylic acids is 2. The molecule has 0 radical (unpaired) electrons. The Labute approximate surface area is 129 Å². The first-order chi connectivity index (χ1) is 10.6. The van der Waals surface area contributed by atoms with Gasteiger partial charge in [-0.05, 0) is 57.0 Å². The number of hydrogen-bond donors (Lipinski definition) is 3.